The molecule has 2 fully saturated rings. The highest BCUT2D eigenvalue weighted by Crippen LogP contribution is 2.17. The summed E-state index contributed by atoms with van der Waals surface area (Å²) in [6, 6.07) is 0. The van der Waals surface area contributed by atoms with Gasteiger partial charge in [0.25, 0.3) is 0 Å². The minimum absolute atomic E-state index is 0.00921. The van der Waals surface area contributed by atoms with Crippen molar-refractivity contribution in [3.05, 3.63) is 0 Å². The van der Waals surface area contributed by atoms with Crippen LogP contribution in [0.25, 0.3) is 0 Å². The number of aliphatic hydroxyl groups is 7. The van der Waals surface area contributed by atoms with Gasteiger partial charge < -0.3 is 64.2 Å². The molecule has 0 aromatic carbocycles. The molecule has 0 spiro atoms. The SMILES string of the molecule is CC(C)(C)OC(=O)CN1CCN(CC(=O)OC(C)(C)C)CCN(CC(O)CN(CC(O)CN2CCN(CC(=O)OC(C)(C)C)CCN(CC(=O)OC(C)(C)C)CCN(CC(=O)OC(C)(C)C)CC2)CC(O)C(O)C(O)C(O)CO)CCN(CC(=O)OC(C)(C)C)CC1. The Kier molecular flexibility index (Phi) is 35.5. The molecule has 6 unspecified atom stereocenters. The first-order valence-corrected chi connectivity index (χ1v) is 32.6. The quantitative estimate of drug-likeness (QED) is 0.0401. The van der Waals surface area contributed by atoms with Crippen LogP contribution in [0.4, 0.5) is 0 Å². The van der Waals surface area contributed by atoms with E-state index in [1.54, 1.807) is 125 Å². The van der Waals surface area contributed by atoms with E-state index in [0.717, 1.165) is 0 Å². The average molecular weight is 1320 g/mol. The van der Waals surface area contributed by atoms with E-state index in [1.165, 1.54) is 4.90 Å². The second-order valence-corrected chi connectivity index (χ2v) is 30.6. The predicted octanol–water partition coefficient (Wildman–Crippen LogP) is -1.06. The van der Waals surface area contributed by atoms with Gasteiger partial charge in [-0.25, -0.2) is 0 Å². The van der Waals surface area contributed by atoms with Crippen LogP contribution in [0, 0.1) is 0 Å². The van der Waals surface area contributed by atoms with Gasteiger partial charge >= 0.3 is 35.8 Å². The fourth-order valence-electron chi connectivity index (χ4n) is 10.3. The molecule has 28 heteroatoms. The zero-order valence-corrected chi connectivity index (χ0v) is 59.3. The molecular weight excluding hydrogens is 1200 g/mol. The zero-order valence-electron chi connectivity index (χ0n) is 59.3. The molecule has 0 aromatic rings. The summed E-state index contributed by atoms with van der Waals surface area (Å²) >= 11 is 0. The molecule has 2 saturated heterocycles. The highest BCUT2D eigenvalue weighted by molar-refractivity contribution is 5.74. The van der Waals surface area contributed by atoms with E-state index in [-0.39, 0.29) is 91.6 Å². The van der Waals surface area contributed by atoms with Gasteiger partial charge in [0.1, 0.15) is 51.9 Å². The van der Waals surface area contributed by atoms with Gasteiger partial charge in [-0.15, -0.1) is 0 Å². The molecule has 0 saturated carbocycles. The van der Waals surface area contributed by atoms with Gasteiger partial charge in [-0.1, -0.05) is 0 Å². The number of hydrogen-bond acceptors (Lipinski definition) is 28. The second-order valence-electron chi connectivity index (χ2n) is 30.6. The van der Waals surface area contributed by atoms with Crippen molar-refractivity contribution >= 4 is 35.8 Å². The zero-order chi connectivity index (χ0) is 70.2. The molecule has 0 aromatic heterocycles. The van der Waals surface area contributed by atoms with Gasteiger partial charge in [-0.05, 0) is 125 Å². The molecule has 0 amide bonds. The van der Waals surface area contributed by atoms with Crippen LogP contribution >= 0.6 is 0 Å². The molecule has 7 N–H and O–H groups in total. The van der Waals surface area contributed by atoms with Gasteiger partial charge in [-0.2, -0.15) is 0 Å². The van der Waals surface area contributed by atoms with E-state index in [1.807, 2.05) is 39.2 Å². The minimum Gasteiger partial charge on any atom is -0.459 e. The molecular formula is C64H123N9O19. The van der Waals surface area contributed by atoms with Crippen molar-refractivity contribution in [3.63, 3.8) is 0 Å². The third-order valence-electron chi connectivity index (χ3n) is 14.1. The summed E-state index contributed by atoms with van der Waals surface area (Å²) in [7, 11) is 0. The Labute approximate surface area is 549 Å². The van der Waals surface area contributed by atoms with Crippen LogP contribution in [-0.2, 0) is 57.2 Å². The third kappa shape index (κ3) is 40.5. The molecule has 538 valence electrons. The van der Waals surface area contributed by atoms with Gasteiger partial charge in [0, 0.05) is 137 Å². The number of esters is 6. The van der Waals surface area contributed by atoms with Crippen LogP contribution < -0.4 is 0 Å². The lowest BCUT2D eigenvalue weighted by Crippen LogP contribution is -2.54. The lowest BCUT2D eigenvalue weighted by molar-refractivity contribution is -0.158. The maximum absolute atomic E-state index is 13.4. The topological polar surface area (TPSA) is 329 Å². The Balaban J connectivity index is 2.65. The maximum Gasteiger partial charge on any atom is 0.320 e. The molecule has 2 aliphatic heterocycles. The van der Waals surface area contributed by atoms with E-state index in [9.17, 15) is 64.5 Å². The Hall–Kier alpha value is -3.82. The normalized spacial score (nSPS) is 20.0. The molecule has 6 atom stereocenters. The Morgan fingerprint density at radius 2 is 0.478 bits per heavy atom. The highest BCUT2D eigenvalue weighted by Gasteiger charge is 2.34. The first-order valence-electron chi connectivity index (χ1n) is 32.6. The summed E-state index contributed by atoms with van der Waals surface area (Å²) < 4.78 is 34.3. The van der Waals surface area contributed by atoms with Gasteiger partial charge in [-0.3, -0.25) is 72.9 Å². The Morgan fingerprint density at radius 1 is 0.304 bits per heavy atom. The fourth-order valence-corrected chi connectivity index (χ4v) is 10.3. The fraction of sp³-hybridized carbons (Fsp3) is 0.906. The number of β-amino-alcohol motifs (C(OH)–C–C–N with tert-alkyl or cyclic N) is 2. The molecule has 0 radical (unpaired) electrons. The predicted molar refractivity (Wildman–Crippen MR) is 346 cm³/mol. The lowest BCUT2D eigenvalue weighted by Gasteiger charge is -2.37. The molecule has 28 nitrogen and oxygen atoms in total. The summed E-state index contributed by atoms with van der Waals surface area (Å²) in [6.45, 7) is 34.7. The monoisotopic (exact) mass is 1320 g/mol. The average Bonchev–Trinajstić information content (AvgIpc) is 1.35. The third-order valence-corrected chi connectivity index (χ3v) is 14.1. The first kappa shape index (κ1) is 84.3. The number of carbonyl (C=O) groups excluding carboxylic acids is 6. The number of carbonyl (C=O) groups is 6. The summed E-state index contributed by atoms with van der Waals surface area (Å²) in [4.78, 5) is 97.1. The number of aliphatic hydroxyl groups excluding tert-OH is 7. The molecule has 0 aliphatic carbocycles. The van der Waals surface area contributed by atoms with Crippen LogP contribution in [-0.4, -0.2) is 369 Å². The minimum atomic E-state index is -1.97. The van der Waals surface area contributed by atoms with Gasteiger partial charge in [0.2, 0.25) is 0 Å². The largest absolute Gasteiger partial charge is 0.459 e. The van der Waals surface area contributed by atoms with Crippen molar-refractivity contribution in [3.8, 4) is 0 Å². The van der Waals surface area contributed by atoms with E-state index in [0.29, 0.717) is 78.5 Å². The van der Waals surface area contributed by atoms with E-state index < -0.39 is 119 Å². The maximum atomic E-state index is 13.4. The number of rotatable bonds is 26. The molecule has 2 heterocycles. The Bertz CT molecular complexity index is 1980. The number of hydrogen-bond donors (Lipinski definition) is 7. The van der Waals surface area contributed by atoms with Crippen molar-refractivity contribution in [2.75, 3.05) is 183 Å². The van der Waals surface area contributed by atoms with E-state index >= 15 is 0 Å². The van der Waals surface area contributed by atoms with Crippen LogP contribution in [0.2, 0.25) is 0 Å². The van der Waals surface area contributed by atoms with Crippen LogP contribution in [0.5, 0.6) is 0 Å². The Morgan fingerprint density at radius 3 is 0.652 bits per heavy atom. The summed E-state index contributed by atoms with van der Waals surface area (Å²) in [6.07, 6.45) is -9.97. The van der Waals surface area contributed by atoms with Gasteiger partial charge in [0.15, 0.2) is 0 Å². The number of nitrogens with zero attached hydrogens (tertiary/aromatic N) is 9. The summed E-state index contributed by atoms with van der Waals surface area (Å²) in [5.74, 6) is -2.71. The van der Waals surface area contributed by atoms with Crippen LogP contribution in [0.15, 0.2) is 0 Å². The van der Waals surface area contributed by atoms with Gasteiger partial charge in [0.05, 0.1) is 64.2 Å². The van der Waals surface area contributed by atoms with Crippen molar-refractivity contribution < 1.29 is 92.9 Å². The summed E-state index contributed by atoms with van der Waals surface area (Å²) in [5.41, 5.74) is -4.54. The smallest absolute Gasteiger partial charge is 0.320 e. The second kappa shape index (κ2) is 38.8. The van der Waals surface area contributed by atoms with E-state index in [4.69, 9.17) is 28.4 Å². The summed E-state index contributed by atoms with van der Waals surface area (Å²) in [5, 5.41) is 77.6. The van der Waals surface area contributed by atoms with Crippen molar-refractivity contribution in [2.24, 2.45) is 0 Å². The number of ether oxygens (including phenoxy) is 6. The molecule has 92 heavy (non-hydrogen) atoms. The van der Waals surface area contributed by atoms with Crippen molar-refractivity contribution in [1.82, 2.24) is 44.1 Å². The van der Waals surface area contributed by atoms with Crippen molar-refractivity contribution in [1.29, 1.82) is 0 Å². The van der Waals surface area contributed by atoms with Crippen molar-refractivity contribution in [2.45, 2.75) is 195 Å². The molecule has 2 rings (SSSR count). The molecule has 2 aliphatic rings. The molecule has 0 bridgehead atoms. The first-order chi connectivity index (χ1) is 42.1. The van der Waals surface area contributed by atoms with Crippen LogP contribution in [0.3, 0.4) is 0 Å². The lowest BCUT2D eigenvalue weighted by atomic mass is 10.0. The van der Waals surface area contributed by atoms with Crippen LogP contribution in [0.1, 0.15) is 125 Å². The highest BCUT2D eigenvalue weighted by atomic mass is 16.6. The standard InChI is InChI=1S/C64H123N9O19/c1-59(2,3)87-51(79)40-67-23-19-65(20-24-68(41-52(80)88-60(4,5)6)28-32-71(31-27-67)44-55(83)91-63(13,14)15)35-47(75)37-73(39-49(77)57(85)58(86)50(78)46-74)38-48(76)36-66-21-25-69(42-53(81)89-61(7,8)9)29-33-72(45-56(84)92-64(16,17)18)34-30-70(26-22-66)43-54(82)90-62(10,11)12/h47-50,57-58,74-78,85-86H,19-46H2,1-18H3. The van der Waals surface area contributed by atoms with E-state index in [2.05, 4.69) is 0 Å².